The Morgan fingerprint density at radius 2 is 1.35 bits per heavy atom. The second kappa shape index (κ2) is 4.03. The van der Waals surface area contributed by atoms with Crippen molar-refractivity contribution in [2.75, 3.05) is 0 Å². The summed E-state index contributed by atoms with van der Waals surface area (Å²) in [5.41, 5.74) is -6.24. The fourth-order valence-electron chi connectivity index (χ4n) is 1.63. The molecule has 0 aromatic carbocycles. The second-order valence-electron chi connectivity index (χ2n) is 3.85. The third-order valence-electron chi connectivity index (χ3n) is 2.52. The average molecular weight is 262 g/mol. The molecule has 0 amide bonds. The fraction of sp³-hybridized carbons (Fsp3) is 0.600. The number of rotatable bonds is 1. The van der Waals surface area contributed by atoms with Crippen LogP contribution in [-0.2, 0) is 0 Å². The van der Waals surface area contributed by atoms with E-state index < -0.39 is 30.0 Å². The van der Waals surface area contributed by atoms with E-state index in [0.29, 0.717) is 6.08 Å². The van der Waals surface area contributed by atoms with Crippen LogP contribution in [0.5, 0.6) is 0 Å². The molecule has 0 aliphatic heterocycles. The molecule has 1 aliphatic carbocycles. The van der Waals surface area contributed by atoms with Gasteiger partial charge in [-0.2, -0.15) is 26.3 Å². The highest BCUT2D eigenvalue weighted by molar-refractivity contribution is 5.32. The molecule has 17 heavy (non-hydrogen) atoms. The van der Waals surface area contributed by atoms with Crippen LogP contribution in [0, 0.1) is 0 Å². The molecule has 0 spiro atoms. The van der Waals surface area contributed by atoms with Gasteiger partial charge in [0.25, 0.3) is 0 Å². The number of alkyl halides is 7. The van der Waals surface area contributed by atoms with Gasteiger partial charge in [0.15, 0.2) is 0 Å². The van der Waals surface area contributed by atoms with Crippen LogP contribution >= 0.6 is 0 Å². The third kappa shape index (κ3) is 2.32. The lowest BCUT2D eigenvalue weighted by Crippen LogP contribution is -2.54. The van der Waals surface area contributed by atoms with Gasteiger partial charge in [0.2, 0.25) is 0 Å². The Labute approximate surface area is 92.8 Å². The summed E-state index contributed by atoms with van der Waals surface area (Å²) in [6.07, 6.45) is -10.7. The minimum atomic E-state index is -6.01. The average Bonchev–Trinajstić information content (AvgIpc) is 2.12. The van der Waals surface area contributed by atoms with Crippen molar-refractivity contribution >= 4 is 0 Å². The summed E-state index contributed by atoms with van der Waals surface area (Å²) in [4.78, 5) is 0. The maximum atomic E-state index is 13.5. The van der Waals surface area contributed by atoms with E-state index in [1.807, 2.05) is 0 Å². The van der Waals surface area contributed by atoms with Crippen LogP contribution in [0.1, 0.15) is 19.8 Å². The third-order valence-corrected chi connectivity index (χ3v) is 2.52. The SMILES string of the molecule is CC1=CCC=C(C(F)(C(F)(F)F)C(F)(F)F)C1. The standard InChI is InChI=1S/C10H9F7/c1-6-3-2-4-7(5-6)8(11,9(12,13)14)10(15,16)17/h3-4H,2,5H2,1H3. The highest BCUT2D eigenvalue weighted by Gasteiger charge is 2.74. The molecule has 0 fully saturated rings. The summed E-state index contributed by atoms with van der Waals surface area (Å²) in [6.45, 7) is 1.36. The van der Waals surface area contributed by atoms with Crippen LogP contribution in [-0.4, -0.2) is 18.0 Å². The largest absolute Gasteiger partial charge is 0.435 e. The van der Waals surface area contributed by atoms with Crippen LogP contribution in [0.15, 0.2) is 23.3 Å². The minimum Gasteiger partial charge on any atom is -0.219 e. The molecule has 0 saturated heterocycles. The molecule has 98 valence electrons. The molecule has 0 saturated carbocycles. The van der Waals surface area contributed by atoms with Crippen LogP contribution in [0.4, 0.5) is 30.7 Å². The van der Waals surface area contributed by atoms with E-state index in [1.165, 1.54) is 13.0 Å². The fourth-order valence-corrected chi connectivity index (χ4v) is 1.63. The van der Waals surface area contributed by atoms with Crippen molar-refractivity contribution in [2.24, 2.45) is 0 Å². The molecule has 1 rings (SSSR count). The lowest BCUT2D eigenvalue weighted by Gasteiger charge is -2.33. The van der Waals surface area contributed by atoms with Gasteiger partial charge >= 0.3 is 18.0 Å². The second-order valence-corrected chi connectivity index (χ2v) is 3.85. The van der Waals surface area contributed by atoms with Gasteiger partial charge in [0, 0.05) is 0 Å². The highest BCUT2D eigenvalue weighted by Crippen LogP contribution is 2.52. The van der Waals surface area contributed by atoms with Crippen molar-refractivity contribution in [1.29, 1.82) is 0 Å². The molecule has 0 heterocycles. The summed E-state index contributed by atoms with van der Waals surface area (Å²) in [7, 11) is 0. The zero-order chi connectivity index (χ0) is 13.5. The van der Waals surface area contributed by atoms with Crippen LogP contribution in [0.2, 0.25) is 0 Å². The number of hydrogen-bond acceptors (Lipinski definition) is 0. The Balaban J connectivity index is 3.23. The first-order valence-corrected chi connectivity index (χ1v) is 4.67. The van der Waals surface area contributed by atoms with Crippen molar-refractivity contribution in [3.63, 3.8) is 0 Å². The Kier molecular flexibility index (Phi) is 3.33. The summed E-state index contributed by atoms with van der Waals surface area (Å²) < 4.78 is 87.7. The lowest BCUT2D eigenvalue weighted by molar-refractivity contribution is -0.326. The van der Waals surface area contributed by atoms with E-state index in [0.717, 1.165) is 0 Å². The van der Waals surface area contributed by atoms with E-state index in [4.69, 9.17) is 0 Å². The van der Waals surface area contributed by atoms with Gasteiger partial charge in [0.05, 0.1) is 0 Å². The normalized spacial score (nSPS) is 18.8. The maximum Gasteiger partial charge on any atom is 0.435 e. The first kappa shape index (κ1) is 14.1. The van der Waals surface area contributed by atoms with E-state index in [2.05, 4.69) is 0 Å². The Bertz CT molecular complexity index is 342. The predicted octanol–water partition coefficient (Wildman–Crippen LogP) is 4.49. The Morgan fingerprint density at radius 1 is 0.882 bits per heavy atom. The smallest absolute Gasteiger partial charge is 0.219 e. The minimum absolute atomic E-state index is 0.126. The van der Waals surface area contributed by atoms with Gasteiger partial charge < -0.3 is 0 Å². The molecule has 1 aliphatic rings. The quantitative estimate of drug-likeness (QED) is 0.482. The van der Waals surface area contributed by atoms with E-state index in [-0.39, 0.29) is 12.0 Å². The molecular formula is C10H9F7. The van der Waals surface area contributed by atoms with Crippen molar-refractivity contribution < 1.29 is 30.7 Å². The monoisotopic (exact) mass is 262 g/mol. The molecule has 0 unspecified atom stereocenters. The van der Waals surface area contributed by atoms with Crippen LogP contribution < -0.4 is 0 Å². The highest BCUT2D eigenvalue weighted by atomic mass is 19.4. The maximum absolute atomic E-state index is 13.5. The first-order chi connectivity index (χ1) is 7.50. The first-order valence-electron chi connectivity index (χ1n) is 4.67. The zero-order valence-electron chi connectivity index (χ0n) is 8.71. The summed E-state index contributed by atoms with van der Waals surface area (Å²) in [5, 5.41) is 0. The van der Waals surface area contributed by atoms with Gasteiger partial charge in [-0.1, -0.05) is 17.7 Å². The predicted molar refractivity (Wildman–Crippen MR) is 47.0 cm³/mol. The Hall–Kier alpha value is -1.01. The number of hydrogen-bond donors (Lipinski definition) is 0. The summed E-state index contributed by atoms with van der Waals surface area (Å²) in [6, 6.07) is 0. The van der Waals surface area contributed by atoms with Gasteiger partial charge in [-0.15, -0.1) is 0 Å². The van der Waals surface area contributed by atoms with Crippen molar-refractivity contribution in [1.82, 2.24) is 0 Å². The number of allylic oxidation sites excluding steroid dienone is 4. The molecule has 0 bridgehead atoms. The lowest BCUT2D eigenvalue weighted by atomic mass is 9.85. The van der Waals surface area contributed by atoms with Gasteiger partial charge in [-0.25, -0.2) is 4.39 Å². The molecule has 0 aromatic heterocycles. The van der Waals surface area contributed by atoms with E-state index in [1.54, 1.807) is 0 Å². The Morgan fingerprint density at radius 3 is 1.71 bits per heavy atom. The van der Waals surface area contributed by atoms with Crippen molar-refractivity contribution in [3.05, 3.63) is 23.3 Å². The molecule has 0 N–H and O–H groups in total. The van der Waals surface area contributed by atoms with Crippen molar-refractivity contribution in [3.8, 4) is 0 Å². The van der Waals surface area contributed by atoms with Gasteiger partial charge in [-0.05, 0) is 25.3 Å². The molecule has 0 radical (unpaired) electrons. The molecule has 0 nitrogen and oxygen atoms in total. The molecular weight excluding hydrogens is 253 g/mol. The van der Waals surface area contributed by atoms with Crippen LogP contribution in [0.25, 0.3) is 0 Å². The molecule has 0 aromatic rings. The molecule has 0 atom stereocenters. The van der Waals surface area contributed by atoms with Crippen LogP contribution in [0.3, 0.4) is 0 Å². The summed E-state index contributed by atoms with van der Waals surface area (Å²) >= 11 is 0. The zero-order valence-corrected chi connectivity index (χ0v) is 8.71. The van der Waals surface area contributed by atoms with Crippen molar-refractivity contribution in [2.45, 2.75) is 37.8 Å². The molecule has 7 heteroatoms. The van der Waals surface area contributed by atoms with Gasteiger partial charge in [0.1, 0.15) is 0 Å². The van der Waals surface area contributed by atoms with E-state index >= 15 is 0 Å². The topological polar surface area (TPSA) is 0 Å². The van der Waals surface area contributed by atoms with E-state index in [9.17, 15) is 30.7 Å². The number of halogens is 7. The summed E-state index contributed by atoms with van der Waals surface area (Å²) in [5.74, 6) is 0. The van der Waals surface area contributed by atoms with Gasteiger partial charge in [-0.3, -0.25) is 0 Å².